The Kier molecular flexibility index (Phi) is 8.92. The van der Waals surface area contributed by atoms with Crippen molar-refractivity contribution in [3.63, 3.8) is 0 Å². The van der Waals surface area contributed by atoms with Crippen LogP contribution in [0.15, 0.2) is 0 Å². The lowest BCUT2D eigenvalue weighted by molar-refractivity contribution is -0.158. The van der Waals surface area contributed by atoms with Crippen molar-refractivity contribution in [1.29, 1.82) is 0 Å². The summed E-state index contributed by atoms with van der Waals surface area (Å²) in [7, 11) is 2.03. The van der Waals surface area contributed by atoms with Crippen LogP contribution < -0.4 is 5.32 Å². The summed E-state index contributed by atoms with van der Waals surface area (Å²) in [5.74, 6) is -1.05. The first-order valence-electron chi connectivity index (χ1n) is 9.25. The predicted octanol–water partition coefficient (Wildman–Crippen LogP) is 3.99. The number of nitrogens with zero attached hydrogens (tertiary/aromatic N) is 1. The van der Waals surface area contributed by atoms with E-state index in [1.165, 1.54) is 12.8 Å². The molecule has 1 aliphatic rings. The van der Waals surface area contributed by atoms with Crippen molar-refractivity contribution in [1.82, 2.24) is 10.2 Å². The van der Waals surface area contributed by atoms with E-state index in [1.54, 1.807) is 0 Å². The summed E-state index contributed by atoms with van der Waals surface area (Å²) in [6.45, 7) is 10.3. The van der Waals surface area contributed by atoms with Crippen LogP contribution in [0.3, 0.4) is 0 Å². The van der Waals surface area contributed by atoms with Crippen LogP contribution >= 0.6 is 12.4 Å². The second-order valence-corrected chi connectivity index (χ2v) is 8.64. The van der Waals surface area contributed by atoms with E-state index < -0.39 is 11.5 Å². The highest BCUT2D eigenvalue weighted by atomic mass is 35.5. The van der Waals surface area contributed by atoms with Gasteiger partial charge in [0.15, 0.2) is 0 Å². The molecule has 5 nitrogen and oxygen atoms in total. The molecular formula is C19H37ClN2O3. The Balaban J connectivity index is 0.00000576. The van der Waals surface area contributed by atoms with Gasteiger partial charge in [-0.3, -0.25) is 9.69 Å². The van der Waals surface area contributed by atoms with Crippen LogP contribution in [0.25, 0.3) is 0 Å². The van der Waals surface area contributed by atoms with Gasteiger partial charge >= 0.3 is 5.97 Å². The first-order valence-corrected chi connectivity index (χ1v) is 9.25. The monoisotopic (exact) mass is 376 g/mol. The molecule has 0 atom stereocenters. The summed E-state index contributed by atoms with van der Waals surface area (Å²) in [6.07, 6.45) is 6.60. The molecule has 0 aliphatic carbocycles. The summed E-state index contributed by atoms with van der Waals surface area (Å²) in [5.41, 5.74) is -1.77. The Morgan fingerprint density at radius 2 is 1.48 bits per heavy atom. The molecule has 148 valence electrons. The first kappa shape index (κ1) is 24.2. The fourth-order valence-electron chi connectivity index (χ4n) is 4.11. The maximum Gasteiger partial charge on any atom is 0.329 e. The lowest BCUT2D eigenvalue weighted by Crippen LogP contribution is -2.70. The molecule has 6 heteroatoms. The van der Waals surface area contributed by atoms with Gasteiger partial charge in [-0.2, -0.15) is 0 Å². The maximum atomic E-state index is 12.4. The summed E-state index contributed by atoms with van der Waals surface area (Å²) >= 11 is 0. The average molecular weight is 377 g/mol. The van der Waals surface area contributed by atoms with Gasteiger partial charge in [-0.05, 0) is 54.0 Å². The molecule has 1 saturated heterocycles. The number of carboxylic acid groups (broad SMARTS) is 1. The fourth-order valence-corrected chi connectivity index (χ4v) is 4.11. The number of hydrogen-bond acceptors (Lipinski definition) is 3. The molecule has 25 heavy (non-hydrogen) atoms. The molecule has 2 N–H and O–H groups in total. The van der Waals surface area contributed by atoms with Crippen LogP contribution in [0.2, 0.25) is 0 Å². The SMILES string of the molecule is CCCCCCCC(=O)NC1(C(=O)O)CC(C)(C)N(C)C(C)(C)C1.Cl. The number of amides is 1. The van der Waals surface area contributed by atoms with Gasteiger partial charge in [0.25, 0.3) is 0 Å². The van der Waals surface area contributed by atoms with Gasteiger partial charge in [0.05, 0.1) is 0 Å². The summed E-state index contributed by atoms with van der Waals surface area (Å²) < 4.78 is 0. The number of piperidine rings is 1. The number of rotatable bonds is 8. The number of halogens is 1. The van der Waals surface area contributed by atoms with Crippen molar-refractivity contribution in [2.75, 3.05) is 7.05 Å². The van der Waals surface area contributed by atoms with Gasteiger partial charge in [0, 0.05) is 17.5 Å². The third-order valence-electron chi connectivity index (χ3n) is 5.58. The molecule has 0 aromatic carbocycles. The van der Waals surface area contributed by atoms with Crippen LogP contribution in [0.5, 0.6) is 0 Å². The van der Waals surface area contributed by atoms with E-state index in [9.17, 15) is 14.7 Å². The first-order chi connectivity index (χ1) is 11.0. The second-order valence-electron chi connectivity index (χ2n) is 8.64. The Bertz CT molecular complexity index is 446. The molecule has 0 aromatic rings. The minimum Gasteiger partial charge on any atom is -0.480 e. The molecule has 1 aliphatic heterocycles. The minimum absolute atomic E-state index is 0. The van der Waals surface area contributed by atoms with Crippen molar-refractivity contribution in [2.24, 2.45) is 0 Å². The number of unbranched alkanes of at least 4 members (excludes halogenated alkanes) is 4. The summed E-state index contributed by atoms with van der Waals surface area (Å²) in [4.78, 5) is 26.7. The predicted molar refractivity (Wildman–Crippen MR) is 104 cm³/mol. The van der Waals surface area contributed by atoms with E-state index >= 15 is 0 Å². The third-order valence-corrected chi connectivity index (χ3v) is 5.58. The van der Waals surface area contributed by atoms with E-state index in [1.807, 2.05) is 34.7 Å². The molecule has 0 radical (unpaired) electrons. The molecule has 0 spiro atoms. The van der Waals surface area contributed by atoms with Crippen molar-refractivity contribution in [2.45, 2.75) is 103 Å². The highest BCUT2D eigenvalue weighted by molar-refractivity contribution is 5.87. The van der Waals surface area contributed by atoms with E-state index in [4.69, 9.17) is 0 Å². The number of aliphatic carboxylic acids is 1. The molecule has 1 heterocycles. The van der Waals surface area contributed by atoms with Gasteiger partial charge in [-0.1, -0.05) is 32.6 Å². The van der Waals surface area contributed by atoms with Gasteiger partial charge < -0.3 is 10.4 Å². The molecule has 0 unspecified atom stereocenters. The van der Waals surface area contributed by atoms with Crippen LogP contribution in [0.1, 0.15) is 86.0 Å². The number of carbonyl (C=O) groups excluding carboxylic acids is 1. The lowest BCUT2D eigenvalue weighted by Gasteiger charge is -2.56. The molecule has 1 fully saturated rings. The normalized spacial score (nSPS) is 21.2. The van der Waals surface area contributed by atoms with Gasteiger partial charge in [0.1, 0.15) is 5.54 Å². The molecule has 1 rings (SSSR count). The topological polar surface area (TPSA) is 69.6 Å². The van der Waals surface area contributed by atoms with Crippen LogP contribution in [0.4, 0.5) is 0 Å². The summed E-state index contributed by atoms with van der Waals surface area (Å²) in [5, 5.41) is 12.8. The molecular weight excluding hydrogens is 340 g/mol. The number of carboxylic acids is 1. The van der Waals surface area contributed by atoms with Crippen LogP contribution in [-0.2, 0) is 9.59 Å². The Morgan fingerprint density at radius 3 is 1.92 bits per heavy atom. The lowest BCUT2D eigenvalue weighted by atomic mass is 9.69. The molecule has 0 bridgehead atoms. The zero-order valence-corrected chi connectivity index (χ0v) is 17.6. The van der Waals surface area contributed by atoms with Crippen molar-refractivity contribution in [3.05, 3.63) is 0 Å². The van der Waals surface area contributed by atoms with Gasteiger partial charge in [0.2, 0.25) is 5.91 Å². The molecule has 1 amide bonds. The Morgan fingerprint density at radius 1 is 1.00 bits per heavy atom. The number of hydrogen-bond donors (Lipinski definition) is 2. The van der Waals surface area contributed by atoms with Gasteiger partial charge in [-0.25, -0.2) is 4.79 Å². The van der Waals surface area contributed by atoms with Crippen molar-refractivity contribution >= 4 is 24.3 Å². The third kappa shape index (κ3) is 6.14. The zero-order chi connectivity index (χ0) is 18.6. The maximum absolute atomic E-state index is 12.4. The molecule has 0 aromatic heterocycles. The highest BCUT2D eigenvalue weighted by Gasteiger charge is 2.55. The highest BCUT2D eigenvalue weighted by Crippen LogP contribution is 2.42. The van der Waals surface area contributed by atoms with E-state index in [0.717, 1.165) is 19.3 Å². The largest absolute Gasteiger partial charge is 0.480 e. The fraction of sp³-hybridized carbons (Fsp3) is 0.895. The number of nitrogens with one attached hydrogen (secondary N) is 1. The Labute approximate surface area is 159 Å². The smallest absolute Gasteiger partial charge is 0.329 e. The average Bonchev–Trinajstić information content (AvgIpc) is 2.43. The number of likely N-dealkylation sites (tertiary alicyclic amines) is 1. The van der Waals surface area contributed by atoms with E-state index in [0.29, 0.717) is 19.3 Å². The summed E-state index contributed by atoms with van der Waals surface area (Å²) in [6, 6.07) is 0. The second kappa shape index (κ2) is 9.22. The van der Waals surface area contributed by atoms with Crippen molar-refractivity contribution in [3.8, 4) is 0 Å². The molecule has 0 saturated carbocycles. The van der Waals surface area contributed by atoms with Crippen LogP contribution in [-0.4, -0.2) is 45.5 Å². The minimum atomic E-state index is -1.18. The number of carbonyl (C=O) groups is 2. The zero-order valence-electron chi connectivity index (χ0n) is 16.8. The van der Waals surface area contributed by atoms with E-state index in [2.05, 4.69) is 17.1 Å². The van der Waals surface area contributed by atoms with Crippen LogP contribution in [0, 0.1) is 0 Å². The van der Waals surface area contributed by atoms with Crippen molar-refractivity contribution < 1.29 is 14.7 Å². The van der Waals surface area contributed by atoms with E-state index in [-0.39, 0.29) is 29.4 Å². The van der Waals surface area contributed by atoms with Gasteiger partial charge in [-0.15, -0.1) is 12.4 Å². The standard InChI is InChI=1S/C19H36N2O3.ClH/c1-7-8-9-10-11-12-15(22)20-19(16(23)24)13-17(2,3)21(6)18(4,5)14-19;/h7-14H2,1-6H3,(H,20,22)(H,23,24);1H. The Hall–Kier alpha value is -0.810. The quantitative estimate of drug-likeness (QED) is 0.628.